The van der Waals surface area contributed by atoms with Gasteiger partial charge in [-0.3, -0.25) is 4.79 Å². The fourth-order valence-corrected chi connectivity index (χ4v) is 3.02. The Morgan fingerprint density at radius 3 is 2.35 bits per heavy atom. The summed E-state index contributed by atoms with van der Waals surface area (Å²) in [5, 5.41) is 0. The maximum Gasteiger partial charge on any atom is 0.227 e. The number of carbonyl (C=O) groups excluding carboxylic acids is 1. The molecule has 2 heteroatoms. The van der Waals surface area contributed by atoms with E-state index in [4.69, 9.17) is 0 Å². The lowest BCUT2D eigenvalue weighted by Gasteiger charge is -2.42. The molecule has 1 aliphatic heterocycles. The minimum absolute atomic E-state index is 0.233. The van der Waals surface area contributed by atoms with Gasteiger partial charge in [-0.1, -0.05) is 48.0 Å². The molecule has 1 saturated heterocycles. The summed E-state index contributed by atoms with van der Waals surface area (Å²) < 4.78 is 0. The molecule has 1 fully saturated rings. The lowest BCUT2D eigenvalue weighted by Crippen LogP contribution is -2.48. The van der Waals surface area contributed by atoms with Crippen molar-refractivity contribution in [3.05, 3.63) is 0 Å². The first kappa shape index (κ1) is 14.5. The van der Waals surface area contributed by atoms with E-state index in [0.29, 0.717) is 11.8 Å². The van der Waals surface area contributed by atoms with Crippen molar-refractivity contribution in [1.29, 1.82) is 0 Å². The molecule has 0 aromatic heterocycles. The van der Waals surface area contributed by atoms with E-state index in [2.05, 4.69) is 25.7 Å². The van der Waals surface area contributed by atoms with Gasteiger partial charge in [0.05, 0.1) is 0 Å². The van der Waals surface area contributed by atoms with Crippen LogP contribution in [-0.4, -0.2) is 23.9 Å². The van der Waals surface area contributed by atoms with Crippen molar-refractivity contribution < 1.29 is 4.79 Å². The average molecular weight is 239 g/mol. The van der Waals surface area contributed by atoms with Crippen LogP contribution in [0.4, 0.5) is 0 Å². The summed E-state index contributed by atoms with van der Waals surface area (Å²) in [5.74, 6) is 2.55. The van der Waals surface area contributed by atoms with Crippen LogP contribution >= 0.6 is 0 Å². The van der Waals surface area contributed by atoms with Crippen molar-refractivity contribution in [3.63, 3.8) is 0 Å². The highest BCUT2D eigenvalue weighted by Crippen LogP contribution is 2.33. The summed E-state index contributed by atoms with van der Waals surface area (Å²) in [5.41, 5.74) is -0.233. The molecule has 2 atom stereocenters. The topological polar surface area (TPSA) is 20.3 Å². The summed E-state index contributed by atoms with van der Waals surface area (Å²) in [6.07, 6.45) is 2.37. The number of carbonyl (C=O) groups is 1. The second-order valence-corrected chi connectivity index (χ2v) is 6.87. The Hall–Kier alpha value is -0.530. The van der Waals surface area contributed by atoms with Gasteiger partial charge in [0.15, 0.2) is 0 Å². The quantitative estimate of drug-likeness (QED) is 0.721. The van der Waals surface area contributed by atoms with E-state index >= 15 is 0 Å². The fourth-order valence-electron chi connectivity index (χ4n) is 3.02. The lowest BCUT2D eigenvalue weighted by atomic mass is 9.76. The molecule has 0 N–H and O–H groups in total. The van der Waals surface area contributed by atoms with Gasteiger partial charge < -0.3 is 4.90 Å². The fraction of sp³-hybridized carbons (Fsp3) is 0.933. The zero-order valence-electron chi connectivity index (χ0n) is 12.4. The highest BCUT2D eigenvalue weighted by molar-refractivity contribution is 5.81. The Balaban J connectivity index is 2.69. The Bertz CT molecular complexity index is 265. The van der Waals surface area contributed by atoms with Crippen molar-refractivity contribution in [3.8, 4) is 0 Å². The van der Waals surface area contributed by atoms with Crippen molar-refractivity contribution >= 4 is 5.91 Å². The smallest absolute Gasteiger partial charge is 0.227 e. The maximum absolute atomic E-state index is 12.3. The average Bonchev–Trinajstić information content (AvgIpc) is 2.25. The van der Waals surface area contributed by atoms with Crippen LogP contribution < -0.4 is 0 Å². The van der Waals surface area contributed by atoms with Crippen molar-refractivity contribution in [1.82, 2.24) is 4.90 Å². The summed E-state index contributed by atoms with van der Waals surface area (Å²) in [4.78, 5) is 14.4. The van der Waals surface area contributed by atoms with Crippen molar-refractivity contribution in [2.24, 2.45) is 23.2 Å². The third-order valence-electron chi connectivity index (χ3n) is 4.10. The third kappa shape index (κ3) is 3.46. The van der Waals surface area contributed by atoms with Crippen LogP contribution in [0.1, 0.15) is 54.4 Å². The van der Waals surface area contributed by atoms with Gasteiger partial charge in [0.25, 0.3) is 0 Å². The van der Waals surface area contributed by atoms with Gasteiger partial charge in [-0.25, -0.2) is 0 Å². The van der Waals surface area contributed by atoms with Gasteiger partial charge in [0, 0.05) is 18.5 Å². The van der Waals surface area contributed by atoms with Crippen LogP contribution in [0.2, 0.25) is 0 Å². The number of likely N-dealkylation sites (tertiary alicyclic amines) is 1. The molecule has 1 aliphatic rings. The number of hydrogen-bond donors (Lipinski definition) is 0. The Kier molecular flexibility index (Phi) is 4.62. The Morgan fingerprint density at radius 2 is 1.94 bits per heavy atom. The largest absolute Gasteiger partial charge is 0.342 e. The Morgan fingerprint density at radius 1 is 1.35 bits per heavy atom. The molecule has 0 bridgehead atoms. The molecule has 100 valence electrons. The summed E-state index contributed by atoms with van der Waals surface area (Å²) in [6.45, 7) is 14.9. The van der Waals surface area contributed by atoms with E-state index in [1.807, 2.05) is 20.8 Å². The van der Waals surface area contributed by atoms with Crippen LogP contribution in [-0.2, 0) is 4.79 Å². The summed E-state index contributed by atoms with van der Waals surface area (Å²) in [6, 6.07) is 0. The maximum atomic E-state index is 12.3. The number of piperidine rings is 1. The predicted octanol–water partition coefficient (Wildman–Crippen LogP) is 3.56. The van der Waals surface area contributed by atoms with Crippen LogP contribution in [0.25, 0.3) is 0 Å². The van der Waals surface area contributed by atoms with Crippen LogP contribution in [0, 0.1) is 23.2 Å². The molecule has 1 amide bonds. The molecule has 0 aliphatic carbocycles. The van der Waals surface area contributed by atoms with E-state index < -0.39 is 0 Å². The molecule has 1 heterocycles. The van der Waals surface area contributed by atoms with Gasteiger partial charge >= 0.3 is 0 Å². The molecule has 0 spiro atoms. The van der Waals surface area contributed by atoms with Crippen molar-refractivity contribution in [2.75, 3.05) is 13.1 Å². The minimum atomic E-state index is -0.233. The molecule has 0 unspecified atom stereocenters. The number of hydrogen-bond acceptors (Lipinski definition) is 1. The third-order valence-corrected chi connectivity index (χ3v) is 4.10. The second kappa shape index (κ2) is 5.41. The molecule has 1 rings (SSSR count). The SMILES string of the molecule is CC[C@@H]1CN(C(=O)C(C)(C)C)CC[C@H]1C(C)C. The van der Waals surface area contributed by atoms with Crippen molar-refractivity contribution in [2.45, 2.75) is 54.4 Å². The minimum Gasteiger partial charge on any atom is -0.342 e. The number of nitrogens with zero attached hydrogens (tertiary/aromatic N) is 1. The zero-order chi connectivity index (χ0) is 13.2. The van der Waals surface area contributed by atoms with Gasteiger partial charge in [0.1, 0.15) is 0 Å². The first-order chi connectivity index (χ1) is 7.77. The van der Waals surface area contributed by atoms with E-state index in [9.17, 15) is 4.79 Å². The van der Waals surface area contributed by atoms with E-state index in [1.165, 1.54) is 12.8 Å². The molecule has 0 aromatic rings. The molecule has 0 aromatic carbocycles. The van der Waals surface area contributed by atoms with Crippen LogP contribution in [0.5, 0.6) is 0 Å². The number of rotatable bonds is 2. The number of amides is 1. The summed E-state index contributed by atoms with van der Waals surface area (Å²) >= 11 is 0. The monoisotopic (exact) mass is 239 g/mol. The van der Waals surface area contributed by atoms with E-state index in [1.54, 1.807) is 0 Å². The molecule has 17 heavy (non-hydrogen) atoms. The van der Waals surface area contributed by atoms with Crippen LogP contribution in [0.3, 0.4) is 0 Å². The first-order valence-electron chi connectivity index (χ1n) is 7.06. The molecule has 0 radical (unpaired) electrons. The highest BCUT2D eigenvalue weighted by atomic mass is 16.2. The van der Waals surface area contributed by atoms with E-state index in [0.717, 1.165) is 24.9 Å². The molecular formula is C15H29NO. The standard InChI is InChI=1S/C15H29NO/c1-7-12-10-16(14(17)15(4,5)6)9-8-13(12)11(2)3/h11-13H,7-10H2,1-6H3/t12-,13+/m1/s1. The normalized spacial score (nSPS) is 26.4. The van der Waals surface area contributed by atoms with Gasteiger partial charge in [-0.2, -0.15) is 0 Å². The summed E-state index contributed by atoms with van der Waals surface area (Å²) in [7, 11) is 0. The molecular weight excluding hydrogens is 210 g/mol. The van der Waals surface area contributed by atoms with Crippen LogP contribution in [0.15, 0.2) is 0 Å². The zero-order valence-corrected chi connectivity index (χ0v) is 12.4. The molecule has 2 nitrogen and oxygen atoms in total. The second-order valence-electron chi connectivity index (χ2n) is 6.87. The highest BCUT2D eigenvalue weighted by Gasteiger charge is 2.35. The van der Waals surface area contributed by atoms with E-state index in [-0.39, 0.29) is 5.41 Å². The Labute approximate surface area is 107 Å². The molecule has 0 saturated carbocycles. The van der Waals surface area contributed by atoms with Gasteiger partial charge in [-0.05, 0) is 24.2 Å². The lowest BCUT2D eigenvalue weighted by molar-refractivity contribution is -0.142. The first-order valence-corrected chi connectivity index (χ1v) is 7.06. The van der Waals surface area contributed by atoms with Gasteiger partial charge in [0.2, 0.25) is 5.91 Å². The van der Waals surface area contributed by atoms with Gasteiger partial charge in [-0.15, -0.1) is 0 Å². The predicted molar refractivity (Wildman–Crippen MR) is 72.8 cm³/mol.